The highest BCUT2D eigenvalue weighted by molar-refractivity contribution is 5.89. The zero-order valence-corrected chi connectivity index (χ0v) is 25.7. The van der Waals surface area contributed by atoms with Crippen LogP contribution in [0.3, 0.4) is 0 Å². The summed E-state index contributed by atoms with van der Waals surface area (Å²) in [6.07, 6.45) is 10.3. The Labute approximate surface area is 250 Å². The summed E-state index contributed by atoms with van der Waals surface area (Å²) >= 11 is 0. The summed E-state index contributed by atoms with van der Waals surface area (Å²) in [7, 11) is 0. The van der Waals surface area contributed by atoms with Gasteiger partial charge in [-0.15, -0.1) is 12.4 Å². The number of allylic oxidation sites excluding steroid dienone is 6. The van der Waals surface area contributed by atoms with Gasteiger partial charge in [-0.2, -0.15) is 13.2 Å². The number of nitrogens with one attached hydrogen (secondary N) is 1. The maximum absolute atomic E-state index is 12.7. The van der Waals surface area contributed by atoms with Gasteiger partial charge < -0.3 is 10.1 Å². The molecule has 226 valence electrons. The summed E-state index contributed by atoms with van der Waals surface area (Å²) in [5.41, 5.74) is 3.79. The van der Waals surface area contributed by atoms with Crippen molar-refractivity contribution < 1.29 is 22.7 Å². The summed E-state index contributed by atoms with van der Waals surface area (Å²) in [4.78, 5) is 11.8. The zero-order chi connectivity index (χ0) is 29.6. The molecule has 0 amide bonds. The van der Waals surface area contributed by atoms with Crippen LogP contribution >= 0.6 is 12.4 Å². The van der Waals surface area contributed by atoms with Crippen LogP contribution < -0.4 is 5.32 Å². The van der Waals surface area contributed by atoms with Crippen molar-refractivity contribution in [2.24, 2.45) is 5.41 Å². The molecule has 0 spiro atoms. The number of carbonyl (C=O) groups excluding carboxylic acids is 1. The maximum atomic E-state index is 12.7. The fraction of sp³-hybridized carbons (Fsp3) is 0.441. The van der Waals surface area contributed by atoms with Gasteiger partial charge >= 0.3 is 12.1 Å². The van der Waals surface area contributed by atoms with Crippen LogP contribution in [0.2, 0.25) is 0 Å². The minimum absolute atomic E-state index is 0. The molecule has 0 bridgehead atoms. The summed E-state index contributed by atoms with van der Waals surface area (Å²) in [5, 5.41) is 3.14. The molecule has 0 radical (unpaired) electrons. The molecular formula is C34H45ClF3NO2. The molecule has 0 saturated heterocycles. The first kappa shape index (κ1) is 36.2. The molecule has 1 aliphatic carbocycles. The molecule has 1 unspecified atom stereocenters. The monoisotopic (exact) mass is 591 g/mol. The Morgan fingerprint density at radius 1 is 1.02 bits per heavy atom. The van der Waals surface area contributed by atoms with Crippen LogP contribution in [0.4, 0.5) is 13.2 Å². The summed E-state index contributed by atoms with van der Waals surface area (Å²) < 4.78 is 43.3. The van der Waals surface area contributed by atoms with Gasteiger partial charge in [0.05, 0.1) is 11.1 Å². The first-order valence-electron chi connectivity index (χ1n) is 14.0. The number of esters is 1. The molecule has 0 fully saturated rings. The third-order valence-electron chi connectivity index (χ3n) is 6.65. The van der Waals surface area contributed by atoms with Gasteiger partial charge in [0.25, 0.3) is 0 Å². The number of rotatable bonds is 7. The Morgan fingerprint density at radius 3 is 2.41 bits per heavy atom. The highest BCUT2D eigenvalue weighted by Crippen LogP contribution is 2.30. The van der Waals surface area contributed by atoms with Gasteiger partial charge in [0.15, 0.2) is 0 Å². The van der Waals surface area contributed by atoms with E-state index in [1.165, 1.54) is 30.1 Å². The molecule has 1 N–H and O–H groups in total. The number of hydrogen-bond donors (Lipinski definition) is 1. The maximum Gasteiger partial charge on any atom is 0.416 e. The van der Waals surface area contributed by atoms with Crippen LogP contribution in [0.1, 0.15) is 81.8 Å². The van der Waals surface area contributed by atoms with Crippen molar-refractivity contribution >= 4 is 18.4 Å². The van der Waals surface area contributed by atoms with E-state index in [-0.39, 0.29) is 25.1 Å². The molecule has 0 aliphatic heterocycles. The molecular weight excluding hydrogens is 547 g/mol. The lowest BCUT2D eigenvalue weighted by molar-refractivity contribution is -0.137. The van der Waals surface area contributed by atoms with E-state index in [0.717, 1.165) is 25.0 Å². The number of halogens is 4. The zero-order valence-electron chi connectivity index (χ0n) is 24.9. The molecule has 0 saturated carbocycles. The van der Waals surface area contributed by atoms with Crippen LogP contribution in [0.25, 0.3) is 0 Å². The van der Waals surface area contributed by atoms with E-state index >= 15 is 0 Å². The summed E-state index contributed by atoms with van der Waals surface area (Å²) in [6, 6.07) is 13.9. The van der Waals surface area contributed by atoms with Gasteiger partial charge in [0.2, 0.25) is 0 Å². The number of benzene rings is 2. The first-order chi connectivity index (χ1) is 18.9. The van der Waals surface area contributed by atoms with Gasteiger partial charge in [-0.3, -0.25) is 0 Å². The van der Waals surface area contributed by atoms with E-state index in [2.05, 4.69) is 57.3 Å². The third-order valence-corrected chi connectivity index (χ3v) is 6.65. The predicted molar refractivity (Wildman–Crippen MR) is 165 cm³/mol. The lowest BCUT2D eigenvalue weighted by Crippen LogP contribution is -2.31. The minimum atomic E-state index is -4.34. The van der Waals surface area contributed by atoms with Gasteiger partial charge in [-0.1, -0.05) is 85.7 Å². The quantitative estimate of drug-likeness (QED) is 0.198. The standard InChI is InChI=1S/C19H20F3NO2.C15H24.ClH/c1-14(12-15-6-5-9-17(13-15)19(20,21)22)23-10-11-25-18(24)16-7-3-2-4-8-16;1-13-7-5-8-14(2)10-12-15(3,4)11-6-9-13;/h2-9,13-14,23H,10-12H2,1H3;6-7,10-11H,5,8-9,12H2,1-4H3;1H. The molecule has 1 aliphatic rings. The fourth-order valence-corrected chi connectivity index (χ4v) is 4.21. The van der Waals surface area contributed by atoms with Gasteiger partial charge in [-0.25, -0.2) is 4.79 Å². The second kappa shape index (κ2) is 17.9. The van der Waals surface area contributed by atoms with Crippen molar-refractivity contribution in [1.82, 2.24) is 5.32 Å². The topological polar surface area (TPSA) is 38.3 Å². The largest absolute Gasteiger partial charge is 0.461 e. The lowest BCUT2D eigenvalue weighted by atomic mass is 9.87. The highest BCUT2D eigenvalue weighted by atomic mass is 35.5. The van der Waals surface area contributed by atoms with Crippen LogP contribution in [0, 0.1) is 5.41 Å². The lowest BCUT2D eigenvalue weighted by Gasteiger charge is -2.18. The van der Waals surface area contributed by atoms with Crippen LogP contribution in [-0.4, -0.2) is 25.2 Å². The van der Waals surface area contributed by atoms with Crippen molar-refractivity contribution in [3.8, 4) is 0 Å². The molecule has 2 aromatic carbocycles. The average Bonchev–Trinajstić information content (AvgIpc) is 2.92. The molecule has 0 aromatic heterocycles. The van der Waals surface area contributed by atoms with E-state index in [4.69, 9.17) is 4.74 Å². The Kier molecular flexibility index (Phi) is 15.8. The summed E-state index contributed by atoms with van der Waals surface area (Å²) in [6.45, 7) is 11.6. The molecule has 41 heavy (non-hydrogen) atoms. The van der Waals surface area contributed by atoms with Gasteiger partial charge in [0.1, 0.15) is 6.61 Å². The Bertz CT molecular complexity index is 1150. The Hall–Kier alpha value is -2.83. The molecule has 3 nitrogen and oxygen atoms in total. The van der Waals surface area contributed by atoms with Crippen LogP contribution in [0.5, 0.6) is 0 Å². The van der Waals surface area contributed by atoms with Crippen molar-refractivity contribution in [1.29, 1.82) is 0 Å². The SMILES string of the molecule is CC(Cc1cccc(C(F)(F)F)c1)NCCOC(=O)c1ccccc1.CC1=CCCC(C)=CCC(C)(C)C=CC1.Cl. The Balaban J connectivity index is 0.000000451. The fourth-order valence-electron chi connectivity index (χ4n) is 4.21. The second-order valence-electron chi connectivity index (χ2n) is 11.2. The minimum Gasteiger partial charge on any atom is -0.461 e. The van der Waals surface area contributed by atoms with Crippen molar-refractivity contribution in [2.75, 3.05) is 13.2 Å². The first-order valence-corrected chi connectivity index (χ1v) is 14.0. The van der Waals surface area contributed by atoms with E-state index < -0.39 is 17.7 Å². The van der Waals surface area contributed by atoms with E-state index in [1.54, 1.807) is 30.3 Å². The van der Waals surface area contributed by atoms with E-state index in [9.17, 15) is 18.0 Å². The third kappa shape index (κ3) is 15.1. The molecule has 1 atom stereocenters. The van der Waals surface area contributed by atoms with E-state index in [0.29, 0.717) is 29.5 Å². The smallest absolute Gasteiger partial charge is 0.416 e. The molecule has 3 rings (SSSR count). The van der Waals surface area contributed by atoms with Crippen molar-refractivity contribution in [2.45, 2.75) is 78.9 Å². The summed E-state index contributed by atoms with van der Waals surface area (Å²) in [5.74, 6) is -0.395. The molecule has 0 heterocycles. The highest BCUT2D eigenvalue weighted by Gasteiger charge is 2.30. The number of ether oxygens (including phenoxy) is 1. The average molecular weight is 592 g/mol. The molecule has 2 aromatic rings. The predicted octanol–water partition coefficient (Wildman–Crippen LogP) is 9.54. The normalized spacial score (nSPS) is 16.0. The van der Waals surface area contributed by atoms with Crippen molar-refractivity contribution in [3.63, 3.8) is 0 Å². The van der Waals surface area contributed by atoms with Gasteiger partial charge in [-0.05, 0) is 82.1 Å². The van der Waals surface area contributed by atoms with Gasteiger partial charge in [0, 0.05) is 12.6 Å². The number of carbonyl (C=O) groups is 1. The van der Waals surface area contributed by atoms with E-state index in [1.807, 2.05) is 13.0 Å². The number of hydrogen-bond acceptors (Lipinski definition) is 3. The van der Waals surface area contributed by atoms with Crippen LogP contribution in [-0.2, 0) is 17.3 Å². The van der Waals surface area contributed by atoms with Crippen molar-refractivity contribution in [3.05, 3.63) is 107 Å². The number of alkyl halides is 3. The Morgan fingerprint density at radius 2 is 1.73 bits per heavy atom. The second-order valence-corrected chi connectivity index (χ2v) is 11.2. The van der Waals surface area contributed by atoms with Crippen LogP contribution in [0.15, 0.2) is 90.0 Å². The molecule has 7 heteroatoms.